The third-order valence-electron chi connectivity index (χ3n) is 14.0. The smallest absolute Gasteiger partial charge is 0.0433 e. The highest BCUT2D eigenvalue weighted by Crippen LogP contribution is 2.47. The molecule has 2 heterocycles. The van der Waals surface area contributed by atoms with E-state index < -0.39 is 0 Å². The zero-order valence-corrected chi connectivity index (χ0v) is 34.9. The summed E-state index contributed by atoms with van der Waals surface area (Å²) >= 11 is 3.81. The molecule has 284 valence electrons. The van der Waals surface area contributed by atoms with Crippen molar-refractivity contribution in [1.29, 1.82) is 0 Å². The molecule has 13 aromatic carbocycles. The Hall–Kier alpha value is -7.36. The minimum atomic E-state index is 1.24. The van der Waals surface area contributed by atoms with E-state index in [-0.39, 0.29) is 0 Å². The van der Waals surface area contributed by atoms with Gasteiger partial charge in [-0.15, -0.1) is 22.7 Å². The summed E-state index contributed by atoms with van der Waals surface area (Å²) in [5.74, 6) is 0. The lowest BCUT2D eigenvalue weighted by Crippen LogP contribution is -1.89. The van der Waals surface area contributed by atoms with Crippen LogP contribution in [0.15, 0.2) is 194 Å². The molecule has 0 aliphatic heterocycles. The summed E-state index contributed by atoms with van der Waals surface area (Å²) in [5, 5.41) is 26.4. The fourth-order valence-electron chi connectivity index (χ4n) is 11.2. The lowest BCUT2D eigenvalue weighted by molar-refractivity contribution is 1.71. The maximum atomic E-state index is 2.47. The first kappa shape index (κ1) is 33.4. The Morgan fingerprint density at radius 2 is 0.726 bits per heavy atom. The fourth-order valence-corrected chi connectivity index (χ4v) is 13.5. The highest BCUT2D eigenvalue weighted by atomic mass is 32.1. The van der Waals surface area contributed by atoms with E-state index in [4.69, 9.17) is 0 Å². The molecule has 0 N–H and O–H groups in total. The molecule has 0 fully saturated rings. The number of hydrogen-bond donors (Lipinski definition) is 0. The van der Waals surface area contributed by atoms with E-state index in [1.165, 1.54) is 149 Å². The summed E-state index contributed by atoms with van der Waals surface area (Å²) in [6.45, 7) is 0. The minimum absolute atomic E-state index is 1.24. The van der Waals surface area contributed by atoms with E-state index in [0.717, 1.165) is 0 Å². The van der Waals surface area contributed by atoms with Crippen molar-refractivity contribution in [2.24, 2.45) is 0 Å². The number of thiophene rings is 2. The van der Waals surface area contributed by atoms with Crippen LogP contribution in [0.2, 0.25) is 0 Å². The molecule has 0 atom stereocenters. The maximum absolute atomic E-state index is 2.47. The topological polar surface area (TPSA) is 0 Å². The molecule has 15 rings (SSSR count). The van der Waals surface area contributed by atoms with Crippen molar-refractivity contribution in [2.75, 3.05) is 0 Å². The number of fused-ring (bicyclic) bond motifs is 16. The van der Waals surface area contributed by atoms with Crippen LogP contribution in [0, 0.1) is 0 Å². The van der Waals surface area contributed by atoms with Gasteiger partial charge in [0.05, 0.1) is 0 Å². The molecule has 0 nitrogen and oxygen atoms in total. The zero-order chi connectivity index (χ0) is 40.2. The molecule has 0 bridgehead atoms. The fraction of sp³-hybridized carbons (Fsp3) is 0. The maximum Gasteiger partial charge on any atom is 0.0433 e. The van der Waals surface area contributed by atoms with Crippen LogP contribution in [0.4, 0.5) is 0 Å². The van der Waals surface area contributed by atoms with Crippen LogP contribution in [-0.4, -0.2) is 0 Å². The lowest BCUT2D eigenvalue weighted by atomic mass is 9.87. The molecule has 0 spiro atoms. The average Bonchev–Trinajstić information content (AvgIpc) is 3.90. The Morgan fingerprint density at radius 1 is 0.226 bits per heavy atom. The largest absolute Gasteiger partial charge is 0.135 e. The molecule has 62 heavy (non-hydrogen) atoms. The van der Waals surface area contributed by atoms with E-state index in [2.05, 4.69) is 194 Å². The second-order valence-electron chi connectivity index (χ2n) is 17.1. The molecule has 0 amide bonds. The molecule has 0 saturated heterocycles. The summed E-state index contributed by atoms with van der Waals surface area (Å²) in [5.41, 5.74) is 5.03. The molecular weight excluding hydrogens is 785 g/mol. The molecule has 0 aliphatic carbocycles. The normalized spacial score (nSPS) is 12.5. The van der Waals surface area contributed by atoms with Gasteiger partial charge in [-0.05, 0) is 151 Å². The average molecular weight is 817 g/mol. The Labute approximate surface area is 363 Å². The van der Waals surface area contributed by atoms with Gasteiger partial charge in [0, 0.05) is 40.3 Å². The third kappa shape index (κ3) is 4.45. The summed E-state index contributed by atoms with van der Waals surface area (Å²) in [4.78, 5) is 0. The van der Waals surface area contributed by atoms with E-state index in [1.807, 2.05) is 22.7 Å². The quantitative estimate of drug-likeness (QED) is 0.120. The number of hydrogen-bond acceptors (Lipinski definition) is 2. The molecule has 0 unspecified atom stereocenters. The van der Waals surface area contributed by atoms with Gasteiger partial charge in [-0.3, -0.25) is 0 Å². The number of rotatable bonds is 2. The Balaban J connectivity index is 0.907. The van der Waals surface area contributed by atoms with Crippen LogP contribution in [0.5, 0.6) is 0 Å². The summed E-state index contributed by atoms with van der Waals surface area (Å²) in [7, 11) is 0. The summed E-state index contributed by atoms with van der Waals surface area (Å²) in [6.07, 6.45) is 0. The molecule has 0 aliphatic rings. The summed E-state index contributed by atoms with van der Waals surface area (Å²) in [6, 6.07) is 73.7. The van der Waals surface area contributed by atoms with E-state index >= 15 is 0 Å². The van der Waals surface area contributed by atoms with Crippen molar-refractivity contribution < 1.29 is 0 Å². The predicted octanol–water partition coefficient (Wildman–Crippen LogP) is 18.4. The van der Waals surface area contributed by atoms with Gasteiger partial charge in [-0.2, -0.15) is 0 Å². The van der Waals surface area contributed by atoms with Gasteiger partial charge in [-0.25, -0.2) is 0 Å². The second kappa shape index (κ2) is 12.1. The van der Waals surface area contributed by atoms with Crippen LogP contribution in [0.1, 0.15) is 0 Å². The first-order valence-corrected chi connectivity index (χ1v) is 23.0. The van der Waals surface area contributed by atoms with Gasteiger partial charge in [0.1, 0.15) is 0 Å². The van der Waals surface area contributed by atoms with E-state index in [0.29, 0.717) is 0 Å². The van der Waals surface area contributed by atoms with Gasteiger partial charge in [0.2, 0.25) is 0 Å². The van der Waals surface area contributed by atoms with Crippen molar-refractivity contribution in [3.63, 3.8) is 0 Å². The van der Waals surface area contributed by atoms with Crippen molar-refractivity contribution in [1.82, 2.24) is 0 Å². The third-order valence-corrected chi connectivity index (χ3v) is 16.3. The van der Waals surface area contributed by atoms with Crippen LogP contribution >= 0.6 is 22.7 Å². The van der Waals surface area contributed by atoms with Gasteiger partial charge >= 0.3 is 0 Å². The summed E-state index contributed by atoms with van der Waals surface area (Å²) < 4.78 is 5.36. The Bertz CT molecular complexity index is 4400. The Kier molecular flexibility index (Phi) is 6.53. The zero-order valence-electron chi connectivity index (χ0n) is 33.3. The lowest BCUT2D eigenvalue weighted by Gasteiger charge is -2.16. The molecule has 15 aromatic rings. The molecule has 0 radical (unpaired) electrons. The first-order chi connectivity index (χ1) is 30.7. The van der Waals surface area contributed by atoms with Crippen LogP contribution in [-0.2, 0) is 0 Å². The van der Waals surface area contributed by atoms with Crippen molar-refractivity contribution in [3.8, 4) is 22.3 Å². The van der Waals surface area contributed by atoms with Crippen molar-refractivity contribution in [3.05, 3.63) is 194 Å². The van der Waals surface area contributed by atoms with Crippen LogP contribution in [0.25, 0.3) is 149 Å². The first-order valence-electron chi connectivity index (χ1n) is 21.4. The monoisotopic (exact) mass is 816 g/mol. The van der Waals surface area contributed by atoms with Crippen LogP contribution < -0.4 is 0 Å². The van der Waals surface area contributed by atoms with E-state index in [1.54, 1.807) is 0 Å². The molecular formula is C60H32S2. The van der Waals surface area contributed by atoms with Gasteiger partial charge in [0.15, 0.2) is 0 Å². The molecule has 2 aromatic heterocycles. The van der Waals surface area contributed by atoms with Crippen molar-refractivity contribution in [2.45, 2.75) is 0 Å². The number of benzene rings is 13. The second-order valence-corrected chi connectivity index (χ2v) is 19.2. The van der Waals surface area contributed by atoms with E-state index in [9.17, 15) is 0 Å². The molecule has 2 heteroatoms. The predicted molar refractivity (Wildman–Crippen MR) is 274 cm³/mol. The minimum Gasteiger partial charge on any atom is -0.135 e. The highest BCUT2D eigenvalue weighted by Gasteiger charge is 2.18. The van der Waals surface area contributed by atoms with Crippen LogP contribution in [0.3, 0.4) is 0 Å². The van der Waals surface area contributed by atoms with Gasteiger partial charge in [-0.1, -0.05) is 152 Å². The standard InChI is InChI=1S/C60H32S2/c1-2-11-39-33(8-1)18-23-48-54-31-50-42-22-19-35(28-49(42)40-12-3-4-13-41(40)51(50)32-57(54)62-60(39)48)36-20-26-55-52(29-36)53-30-37(21-27-56(53)61-55)38-24-25-47-45-15-6-10-34-9-5-14-44(58(34)45)46-17-7-16-43(38)59(46)47/h1-32H. The highest BCUT2D eigenvalue weighted by molar-refractivity contribution is 7.27. The van der Waals surface area contributed by atoms with Gasteiger partial charge < -0.3 is 0 Å². The Morgan fingerprint density at radius 3 is 1.52 bits per heavy atom. The SMILES string of the molecule is c1ccc2c(c1)ccc1c3cc4c5ccc(-c6ccc7sc8ccc(-c9ccc%10c%11cccc%12cccc(c%13cccc9c%13%10)c%12%11)cc8c7c6)cc5c5ccccc5c4cc3sc21. The van der Waals surface area contributed by atoms with Crippen molar-refractivity contribution >= 4 is 149 Å². The molecule has 0 saturated carbocycles. The van der Waals surface area contributed by atoms with Gasteiger partial charge in [0.25, 0.3) is 0 Å².